The number of nitrogens with zero attached hydrogens (tertiary/aromatic N) is 4. The highest BCUT2D eigenvalue weighted by atomic mass is 35.5. The smallest absolute Gasteiger partial charge is 0.445 e. The van der Waals surface area contributed by atoms with Crippen LogP contribution in [0.1, 0.15) is 15.9 Å². The maximum absolute atomic E-state index is 12.9. The van der Waals surface area contributed by atoms with E-state index in [1.165, 1.54) is 6.07 Å². The van der Waals surface area contributed by atoms with Gasteiger partial charge >= 0.3 is 12.5 Å². The number of carbonyl (C=O) groups excluding carboxylic acids is 2. The van der Waals surface area contributed by atoms with Crippen LogP contribution in [0, 0.1) is 11.8 Å². The Bertz CT molecular complexity index is 1270. The number of halogens is 4. The van der Waals surface area contributed by atoms with Crippen molar-refractivity contribution < 1.29 is 32.2 Å². The number of likely N-dealkylation sites (tertiary alicyclic amines) is 2. The highest BCUT2D eigenvalue weighted by Crippen LogP contribution is 2.33. The van der Waals surface area contributed by atoms with Gasteiger partial charge in [-0.15, -0.1) is 13.2 Å². The van der Waals surface area contributed by atoms with E-state index >= 15 is 0 Å². The van der Waals surface area contributed by atoms with Crippen molar-refractivity contribution in [2.45, 2.75) is 13.0 Å². The molecule has 2 aliphatic heterocycles. The molecule has 0 saturated carbocycles. The molecule has 0 radical (unpaired) electrons. The fourth-order valence-electron chi connectivity index (χ4n) is 4.60. The third-order valence-electron chi connectivity index (χ3n) is 6.12. The average molecular weight is 510 g/mol. The second-order valence-corrected chi connectivity index (χ2v) is 9.00. The molecule has 1 aromatic heterocycles. The van der Waals surface area contributed by atoms with Crippen LogP contribution in [0.2, 0.25) is 5.02 Å². The number of hydrogen-bond donors (Lipinski definition) is 1. The number of amides is 2. The first-order valence-corrected chi connectivity index (χ1v) is 11.1. The minimum absolute atomic E-state index is 0.0287. The van der Waals surface area contributed by atoms with Crippen LogP contribution in [0.15, 0.2) is 36.4 Å². The zero-order valence-electron chi connectivity index (χ0n) is 18.1. The lowest BCUT2D eigenvalue weighted by Crippen LogP contribution is -2.35. The topological polar surface area (TPSA) is 101 Å². The summed E-state index contributed by atoms with van der Waals surface area (Å²) in [5.41, 5.74) is 2.08. The summed E-state index contributed by atoms with van der Waals surface area (Å²) in [4.78, 5) is 28.8. The maximum atomic E-state index is 12.9. The second-order valence-electron chi connectivity index (χ2n) is 8.56. The number of aromatic nitrogens is 3. The van der Waals surface area contributed by atoms with Crippen molar-refractivity contribution in [1.29, 1.82) is 0 Å². The molecule has 0 bridgehead atoms. The zero-order chi connectivity index (χ0) is 24.7. The summed E-state index contributed by atoms with van der Waals surface area (Å²) in [6.45, 7) is 1.61. The molecule has 2 amide bonds. The molecule has 2 atom stereocenters. The van der Waals surface area contributed by atoms with E-state index in [1.54, 1.807) is 28.0 Å². The summed E-state index contributed by atoms with van der Waals surface area (Å²) < 4.78 is 46.6. The number of ether oxygens (including phenoxy) is 2. The quantitative estimate of drug-likeness (QED) is 0.573. The molecule has 0 spiro atoms. The van der Waals surface area contributed by atoms with Gasteiger partial charge in [-0.3, -0.25) is 4.79 Å². The molecule has 9 nitrogen and oxygen atoms in total. The summed E-state index contributed by atoms with van der Waals surface area (Å²) >= 11 is 5.85. The number of rotatable bonds is 4. The lowest BCUT2D eigenvalue weighted by Gasteiger charge is -2.21. The zero-order valence-corrected chi connectivity index (χ0v) is 18.8. The Balaban J connectivity index is 1.15. The fraction of sp³-hybridized carbons (Fsp3) is 0.364. The van der Waals surface area contributed by atoms with E-state index in [4.69, 9.17) is 16.3 Å². The molecular formula is C22H19ClF3N5O4. The Hall–Kier alpha value is -3.54. The lowest BCUT2D eigenvalue weighted by atomic mass is 10.0. The predicted octanol–water partition coefficient (Wildman–Crippen LogP) is 3.85. The van der Waals surface area contributed by atoms with E-state index in [-0.39, 0.29) is 34.9 Å². The number of fused-ring (bicyclic) bond motifs is 2. The summed E-state index contributed by atoms with van der Waals surface area (Å²) in [7, 11) is 0. The standard InChI is InChI=1S/C22H19ClF3N5O4/c23-16-3-12(4-17(6-16)35-22(24,25)26)11-34-21(33)31-9-14-7-30(8-15(14)10-31)20(32)13-1-2-18-19(5-13)28-29-27-18/h1-6,14-15H,7-11H2,(H,27,28,29). The molecule has 2 fully saturated rings. The monoisotopic (exact) mass is 509 g/mol. The SMILES string of the molecule is O=C(OCc1cc(Cl)cc(OC(F)(F)F)c1)N1CC2CN(C(=O)c3ccc4n[nH]nc4c3)CC2C1. The van der Waals surface area contributed by atoms with Crippen molar-refractivity contribution in [3.05, 3.63) is 52.5 Å². The van der Waals surface area contributed by atoms with Crippen molar-refractivity contribution in [2.24, 2.45) is 11.8 Å². The van der Waals surface area contributed by atoms with Crippen LogP contribution in [-0.2, 0) is 11.3 Å². The minimum atomic E-state index is -4.86. The van der Waals surface area contributed by atoms with Crippen LogP contribution < -0.4 is 4.74 Å². The number of aromatic amines is 1. The van der Waals surface area contributed by atoms with Crippen molar-refractivity contribution >= 4 is 34.6 Å². The number of nitrogens with one attached hydrogen (secondary N) is 1. The molecule has 2 aliphatic rings. The minimum Gasteiger partial charge on any atom is -0.445 e. The molecule has 5 rings (SSSR count). The molecule has 0 aliphatic carbocycles. The maximum Gasteiger partial charge on any atom is 0.573 e. The first-order valence-electron chi connectivity index (χ1n) is 10.7. The van der Waals surface area contributed by atoms with Gasteiger partial charge in [-0.25, -0.2) is 4.79 Å². The number of hydrogen-bond acceptors (Lipinski definition) is 6. The largest absolute Gasteiger partial charge is 0.573 e. The molecule has 2 aromatic carbocycles. The molecule has 2 saturated heterocycles. The Morgan fingerprint density at radius 1 is 1.00 bits per heavy atom. The van der Waals surface area contributed by atoms with Gasteiger partial charge in [0.2, 0.25) is 0 Å². The molecule has 3 heterocycles. The fourth-order valence-corrected chi connectivity index (χ4v) is 4.84. The van der Waals surface area contributed by atoms with Crippen LogP contribution in [0.4, 0.5) is 18.0 Å². The third-order valence-corrected chi connectivity index (χ3v) is 6.34. The third kappa shape index (κ3) is 5.11. The van der Waals surface area contributed by atoms with Crippen molar-refractivity contribution in [3.8, 4) is 5.75 Å². The van der Waals surface area contributed by atoms with Crippen LogP contribution in [-0.4, -0.2) is 69.8 Å². The van der Waals surface area contributed by atoms with E-state index in [0.717, 1.165) is 12.1 Å². The molecule has 1 N–H and O–H groups in total. The van der Waals surface area contributed by atoms with Crippen molar-refractivity contribution in [2.75, 3.05) is 26.2 Å². The lowest BCUT2D eigenvalue weighted by molar-refractivity contribution is -0.274. The highest BCUT2D eigenvalue weighted by molar-refractivity contribution is 6.30. The van der Waals surface area contributed by atoms with E-state index in [9.17, 15) is 22.8 Å². The molecule has 35 heavy (non-hydrogen) atoms. The Kier molecular flexibility index (Phi) is 5.91. The van der Waals surface area contributed by atoms with Gasteiger partial charge in [0.25, 0.3) is 5.91 Å². The second kappa shape index (κ2) is 8.91. The molecular weight excluding hydrogens is 491 g/mol. The molecule has 184 valence electrons. The van der Waals surface area contributed by atoms with Gasteiger partial charge in [0.05, 0.1) is 0 Å². The summed E-state index contributed by atoms with van der Waals surface area (Å²) in [5, 5.41) is 10.5. The first kappa shape index (κ1) is 23.2. The summed E-state index contributed by atoms with van der Waals surface area (Å²) in [5.74, 6) is -0.365. The van der Waals surface area contributed by atoms with Gasteiger partial charge in [0, 0.05) is 48.6 Å². The van der Waals surface area contributed by atoms with Crippen LogP contribution in [0.3, 0.4) is 0 Å². The van der Waals surface area contributed by atoms with Crippen molar-refractivity contribution in [1.82, 2.24) is 25.2 Å². The number of benzene rings is 2. The average Bonchev–Trinajstić information content (AvgIpc) is 3.49. The van der Waals surface area contributed by atoms with Gasteiger partial charge < -0.3 is 19.3 Å². The highest BCUT2D eigenvalue weighted by Gasteiger charge is 2.43. The van der Waals surface area contributed by atoms with Gasteiger partial charge in [-0.05, 0) is 42.0 Å². The van der Waals surface area contributed by atoms with Crippen LogP contribution in [0.5, 0.6) is 5.75 Å². The van der Waals surface area contributed by atoms with Crippen molar-refractivity contribution in [3.63, 3.8) is 0 Å². The van der Waals surface area contributed by atoms with E-state index in [0.29, 0.717) is 42.8 Å². The van der Waals surface area contributed by atoms with E-state index in [1.807, 2.05) is 0 Å². The Morgan fingerprint density at radius 3 is 2.40 bits per heavy atom. The van der Waals surface area contributed by atoms with Gasteiger partial charge in [0.15, 0.2) is 0 Å². The summed E-state index contributed by atoms with van der Waals surface area (Å²) in [6.07, 6.45) is -5.43. The van der Waals surface area contributed by atoms with Gasteiger partial charge in [0.1, 0.15) is 23.4 Å². The van der Waals surface area contributed by atoms with Crippen LogP contribution in [0.25, 0.3) is 11.0 Å². The first-order chi connectivity index (χ1) is 16.6. The van der Waals surface area contributed by atoms with E-state index < -0.39 is 18.2 Å². The number of alkyl halides is 3. The van der Waals surface area contributed by atoms with Gasteiger partial charge in [-0.2, -0.15) is 15.4 Å². The normalized spacial score (nSPS) is 19.8. The molecule has 2 unspecified atom stereocenters. The Labute approximate surface area is 201 Å². The molecule has 13 heteroatoms. The molecule has 3 aromatic rings. The van der Waals surface area contributed by atoms with Gasteiger partial charge in [-0.1, -0.05) is 11.6 Å². The predicted molar refractivity (Wildman–Crippen MR) is 117 cm³/mol. The number of carbonyl (C=O) groups is 2. The Morgan fingerprint density at radius 2 is 1.69 bits per heavy atom. The van der Waals surface area contributed by atoms with Crippen LogP contribution >= 0.6 is 11.6 Å². The summed E-state index contributed by atoms with van der Waals surface area (Å²) in [6, 6.07) is 8.69. The number of H-pyrrole nitrogens is 1. The van der Waals surface area contributed by atoms with E-state index in [2.05, 4.69) is 20.1 Å².